The zero-order valence-electron chi connectivity index (χ0n) is 8.51. The van der Waals surface area contributed by atoms with Crippen LogP contribution in [-0.4, -0.2) is 18.0 Å². The number of nitrogens with two attached hydrogens (primary N) is 1. The molecule has 0 aliphatic heterocycles. The molecule has 1 aromatic rings. The molecule has 0 heterocycles. The molecule has 5 heteroatoms. The van der Waals surface area contributed by atoms with Crippen molar-refractivity contribution < 1.29 is 4.92 Å². The molecule has 1 aliphatic rings. The van der Waals surface area contributed by atoms with Crippen LogP contribution >= 0.6 is 0 Å². The first-order valence-electron chi connectivity index (χ1n) is 4.87. The van der Waals surface area contributed by atoms with Crippen LogP contribution in [0.5, 0.6) is 0 Å². The zero-order valence-corrected chi connectivity index (χ0v) is 8.51. The van der Waals surface area contributed by atoms with E-state index < -0.39 is 4.92 Å². The monoisotopic (exact) mass is 207 g/mol. The molecule has 0 atom stereocenters. The summed E-state index contributed by atoms with van der Waals surface area (Å²) in [6, 6.07) is 5.48. The molecule has 2 N–H and O–H groups in total. The maximum atomic E-state index is 10.9. The Labute approximate surface area is 87.6 Å². The van der Waals surface area contributed by atoms with Crippen molar-refractivity contribution in [3.63, 3.8) is 0 Å². The Morgan fingerprint density at radius 1 is 1.53 bits per heavy atom. The highest BCUT2D eigenvalue weighted by atomic mass is 16.6. The fraction of sp³-hybridized carbons (Fsp3) is 0.400. The quantitative estimate of drug-likeness (QED) is 0.465. The van der Waals surface area contributed by atoms with Gasteiger partial charge >= 0.3 is 5.69 Å². The molecule has 0 amide bonds. The van der Waals surface area contributed by atoms with Gasteiger partial charge in [-0.3, -0.25) is 10.1 Å². The average molecular weight is 207 g/mol. The highest BCUT2D eigenvalue weighted by Crippen LogP contribution is 2.38. The molecule has 0 radical (unpaired) electrons. The number of rotatable bonds is 3. The van der Waals surface area contributed by atoms with E-state index >= 15 is 0 Å². The van der Waals surface area contributed by atoms with Gasteiger partial charge in [0, 0.05) is 13.1 Å². The Kier molecular flexibility index (Phi) is 2.22. The second-order valence-electron chi connectivity index (χ2n) is 3.81. The van der Waals surface area contributed by atoms with Crippen LogP contribution in [0.15, 0.2) is 18.2 Å². The van der Waals surface area contributed by atoms with Gasteiger partial charge in [-0.05, 0) is 25.0 Å². The van der Waals surface area contributed by atoms with Gasteiger partial charge < -0.3 is 10.6 Å². The normalized spacial score (nSPS) is 15.0. The molecular weight excluding hydrogens is 194 g/mol. The molecule has 2 rings (SSSR count). The fourth-order valence-corrected chi connectivity index (χ4v) is 1.69. The van der Waals surface area contributed by atoms with Gasteiger partial charge in [-0.1, -0.05) is 6.07 Å². The minimum absolute atomic E-state index is 0.0203. The largest absolute Gasteiger partial charge is 0.393 e. The van der Waals surface area contributed by atoms with Gasteiger partial charge in [0.25, 0.3) is 0 Å². The number of benzene rings is 1. The van der Waals surface area contributed by atoms with Crippen molar-refractivity contribution in [2.24, 2.45) is 0 Å². The summed E-state index contributed by atoms with van der Waals surface area (Å²) in [6.07, 6.45) is 2.20. The lowest BCUT2D eigenvalue weighted by atomic mass is 10.2. The van der Waals surface area contributed by atoms with Crippen LogP contribution in [-0.2, 0) is 0 Å². The van der Waals surface area contributed by atoms with Crippen molar-refractivity contribution in [2.75, 3.05) is 17.7 Å². The van der Waals surface area contributed by atoms with E-state index in [4.69, 9.17) is 5.73 Å². The summed E-state index contributed by atoms with van der Waals surface area (Å²) in [5.74, 6) is 0. The number of nitrogens with zero attached hydrogens (tertiary/aromatic N) is 2. The van der Waals surface area contributed by atoms with E-state index in [1.807, 2.05) is 11.9 Å². The van der Waals surface area contributed by atoms with Gasteiger partial charge in [-0.25, -0.2) is 0 Å². The summed E-state index contributed by atoms with van der Waals surface area (Å²) in [5.41, 5.74) is 6.47. The third-order valence-corrected chi connectivity index (χ3v) is 2.70. The Hall–Kier alpha value is -1.78. The first-order chi connectivity index (χ1) is 7.11. The van der Waals surface area contributed by atoms with Crippen LogP contribution < -0.4 is 10.6 Å². The number of nitro groups is 1. The summed E-state index contributed by atoms with van der Waals surface area (Å²) < 4.78 is 0. The standard InChI is InChI=1S/C10H13N3O2/c1-12(7-5-6-7)9-4-2-3-8(11)10(9)13(14)15/h2-4,7H,5-6,11H2,1H3. The molecule has 0 saturated heterocycles. The first-order valence-corrected chi connectivity index (χ1v) is 4.87. The van der Waals surface area contributed by atoms with Crippen LogP contribution in [0.2, 0.25) is 0 Å². The predicted molar refractivity (Wildman–Crippen MR) is 58.9 cm³/mol. The van der Waals surface area contributed by atoms with E-state index in [0.717, 1.165) is 12.8 Å². The number of para-hydroxylation sites is 1. The second-order valence-corrected chi connectivity index (χ2v) is 3.81. The fourth-order valence-electron chi connectivity index (χ4n) is 1.69. The van der Waals surface area contributed by atoms with Crippen molar-refractivity contribution in [2.45, 2.75) is 18.9 Å². The topological polar surface area (TPSA) is 72.4 Å². The lowest BCUT2D eigenvalue weighted by Crippen LogP contribution is -2.20. The van der Waals surface area contributed by atoms with Crippen LogP contribution in [0.4, 0.5) is 17.1 Å². The van der Waals surface area contributed by atoms with E-state index in [-0.39, 0.29) is 11.4 Å². The van der Waals surface area contributed by atoms with Crippen molar-refractivity contribution in [3.05, 3.63) is 28.3 Å². The zero-order chi connectivity index (χ0) is 11.0. The Bertz CT molecular complexity index is 402. The first kappa shape index (κ1) is 9.76. The number of nitrogen functional groups attached to an aromatic ring is 1. The summed E-state index contributed by atoms with van der Waals surface area (Å²) in [6.45, 7) is 0. The molecular formula is C10H13N3O2. The lowest BCUT2D eigenvalue weighted by molar-refractivity contribution is -0.383. The van der Waals surface area contributed by atoms with Crippen LogP contribution in [0.3, 0.4) is 0 Å². The Balaban J connectivity index is 2.44. The molecule has 1 saturated carbocycles. The van der Waals surface area contributed by atoms with Gasteiger partial charge in [-0.15, -0.1) is 0 Å². The molecule has 80 valence electrons. The minimum atomic E-state index is -0.413. The molecule has 1 aromatic carbocycles. The predicted octanol–water partition coefficient (Wildman–Crippen LogP) is 1.78. The van der Waals surface area contributed by atoms with Gasteiger partial charge in [-0.2, -0.15) is 0 Å². The molecule has 15 heavy (non-hydrogen) atoms. The van der Waals surface area contributed by atoms with Crippen LogP contribution in [0, 0.1) is 10.1 Å². The maximum absolute atomic E-state index is 10.9. The minimum Gasteiger partial charge on any atom is -0.393 e. The third-order valence-electron chi connectivity index (χ3n) is 2.70. The van der Waals surface area contributed by atoms with Crippen molar-refractivity contribution >= 4 is 17.1 Å². The van der Waals surface area contributed by atoms with Crippen LogP contribution in [0.25, 0.3) is 0 Å². The smallest absolute Gasteiger partial charge is 0.315 e. The molecule has 0 spiro atoms. The number of anilines is 2. The number of nitro benzene ring substituents is 1. The third kappa shape index (κ3) is 1.72. The van der Waals surface area contributed by atoms with Gasteiger partial charge in [0.1, 0.15) is 11.4 Å². The molecule has 0 bridgehead atoms. The van der Waals surface area contributed by atoms with E-state index in [1.165, 1.54) is 0 Å². The van der Waals surface area contributed by atoms with E-state index in [2.05, 4.69) is 0 Å². The Morgan fingerprint density at radius 2 is 2.20 bits per heavy atom. The maximum Gasteiger partial charge on any atom is 0.315 e. The molecule has 0 unspecified atom stereocenters. The highest BCUT2D eigenvalue weighted by Gasteiger charge is 2.31. The van der Waals surface area contributed by atoms with Gasteiger partial charge in [0.05, 0.1) is 4.92 Å². The summed E-state index contributed by atoms with van der Waals surface area (Å²) in [5, 5.41) is 10.9. The van der Waals surface area contributed by atoms with Crippen molar-refractivity contribution in [1.29, 1.82) is 0 Å². The summed E-state index contributed by atoms with van der Waals surface area (Å²) >= 11 is 0. The number of hydrogen-bond donors (Lipinski definition) is 1. The van der Waals surface area contributed by atoms with E-state index in [9.17, 15) is 10.1 Å². The highest BCUT2D eigenvalue weighted by molar-refractivity contribution is 5.75. The van der Waals surface area contributed by atoms with E-state index in [0.29, 0.717) is 11.7 Å². The average Bonchev–Trinajstić information content (AvgIpc) is 2.98. The molecule has 1 fully saturated rings. The summed E-state index contributed by atoms with van der Waals surface area (Å²) in [7, 11) is 1.87. The Morgan fingerprint density at radius 3 is 2.73 bits per heavy atom. The molecule has 1 aliphatic carbocycles. The SMILES string of the molecule is CN(c1cccc(N)c1[N+](=O)[O-])C1CC1. The van der Waals surface area contributed by atoms with Gasteiger partial charge in [0.15, 0.2) is 0 Å². The van der Waals surface area contributed by atoms with Gasteiger partial charge in [0.2, 0.25) is 0 Å². The summed E-state index contributed by atoms with van der Waals surface area (Å²) in [4.78, 5) is 12.4. The van der Waals surface area contributed by atoms with Crippen LogP contribution in [0.1, 0.15) is 12.8 Å². The second kappa shape index (κ2) is 3.42. The van der Waals surface area contributed by atoms with Crippen molar-refractivity contribution in [3.8, 4) is 0 Å². The molecule has 0 aromatic heterocycles. The molecule has 5 nitrogen and oxygen atoms in total. The lowest BCUT2D eigenvalue weighted by Gasteiger charge is -2.18. The van der Waals surface area contributed by atoms with Crippen molar-refractivity contribution in [1.82, 2.24) is 0 Å². The van der Waals surface area contributed by atoms with E-state index in [1.54, 1.807) is 18.2 Å². The number of hydrogen-bond acceptors (Lipinski definition) is 4.